The van der Waals surface area contributed by atoms with Crippen LogP contribution >= 0.6 is 0 Å². The molecule has 0 spiro atoms. The van der Waals surface area contributed by atoms with Crippen molar-refractivity contribution >= 4 is 17.5 Å². The monoisotopic (exact) mass is 366 g/mol. The number of aryl methyl sites for hydroxylation is 1. The Morgan fingerprint density at radius 1 is 1.07 bits per heavy atom. The van der Waals surface area contributed by atoms with E-state index in [1.165, 1.54) is 0 Å². The van der Waals surface area contributed by atoms with E-state index in [1.54, 1.807) is 31.0 Å². The van der Waals surface area contributed by atoms with Gasteiger partial charge >= 0.3 is 0 Å². The molecule has 1 heterocycles. The molecule has 0 aromatic heterocycles. The molecule has 3 rings (SSSR count). The predicted molar refractivity (Wildman–Crippen MR) is 106 cm³/mol. The van der Waals surface area contributed by atoms with Crippen molar-refractivity contribution in [1.29, 1.82) is 0 Å². The summed E-state index contributed by atoms with van der Waals surface area (Å²) in [5.74, 6) is 0.550. The van der Waals surface area contributed by atoms with Crippen LogP contribution in [0.2, 0.25) is 0 Å². The van der Waals surface area contributed by atoms with Crippen LogP contribution in [-0.2, 0) is 9.59 Å². The van der Waals surface area contributed by atoms with E-state index in [-0.39, 0.29) is 23.8 Å². The first-order valence-electron chi connectivity index (χ1n) is 9.16. The number of nitrogens with zero attached hydrogens (tertiary/aromatic N) is 2. The summed E-state index contributed by atoms with van der Waals surface area (Å²) in [6.07, 6.45) is 0.916. The summed E-state index contributed by atoms with van der Waals surface area (Å²) in [6, 6.07) is 15.2. The van der Waals surface area contributed by atoms with Crippen LogP contribution in [-0.4, -0.2) is 37.9 Å². The second kappa shape index (κ2) is 7.82. The van der Waals surface area contributed by atoms with Gasteiger partial charge in [0.1, 0.15) is 5.75 Å². The zero-order valence-corrected chi connectivity index (χ0v) is 16.3. The van der Waals surface area contributed by atoms with Crippen molar-refractivity contribution in [3.8, 4) is 5.75 Å². The van der Waals surface area contributed by atoms with E-state index in [2.05, 4.69) is 0 Å². The van der Waals surface area contributed by atoms with Crippen molar-refractivity contribution in [3.05, 3.63) is 59.7 Å². The average Bonchev–Trinajstić information content (AvgIpc) is 2.68. The van der Waals surface area contributed by atoms with Crippen molar-refractivity contribution in [2.24, 2.45) is 5.92 Å². The first-order valence-corrected chi connectivity index (χ1v) is 9.16. The zero-order chi connectivity index (χ0) is 19.6. The van der Waals surface area contributed by atoms with Crippen LogP contribution in [0, 0.1) is 12.8 Å². The first-order chi connectivity index (χ1) is 12.9. The third-order valence-corrected chi connectivity index (χ3v) is 5.12. The summed E-state index contributed by atoms with van der Waals surface area (Å²) in [5.41, 5.74) is 2.89. The van der Waals surface area contributed by atoms with Gasteiger partial charge in [0.05, 0.1) is 19.1 Å². The van der Waals surface area contributed by atoms with Gasteiger partial charge in [-0.25, -0.2) is 0 Å². The molecule has 2 aromatic carbocycles. The number of rotatable bonds is 4. The number of carbonyl (C=O) groups is 2. The first kappa shape index (κ1) is 19.0. The summed E-state index contributed by atoms with van der Waals surface area (Å²) in [6.45, 7) is 2.02. The van der Waals surface area contributed by atoms with Crippen LogP contribution in [0.1, 0.15) is 30.0 Å². The molecule has 0 bridgehead atoms. The third-order valence-electron chi connectivity index (χ3n) is 5.12. The lowest BCUT2D eigenvalue weighted by atomic mass is 9.83. The van der Waals surface area contributed by atoms with Gasteiger partial charge in [0, 0.05) is 26.2 Å². The maximum Gasteiger partial charge on any atom is 0.227 e. The molecule has 0 saturated carbocycles. The van der Waals surface area contributed by atoms with E-state index >= 15 is 0 Å². The van der Waals surface area contributed by atoms with E-state index in [4.69, 9.17) is 4.74 Å². The predicted octanol–water partition coefficient (Wildman–Crippen LogP) is 3.58. The van der Waals surface area contributed by atoms with E-state index in [0.717, 1.165) is 22.6 Å². The minimum Gasteiger partial charge on any atom is -0.497 e. The number of hydrogen-bond acceptors (Lipinski definition) is 3. The standard InChI is InChI=1S/C22H26N2O3/c1-15-5-9-17(10-6-15)24-20(25)14-13-19(22(26)23(2)3)21(24)16-7-11-18(27-4)12-8-16/h5-12,19,21H,13-14H2,1-4H3/t19-,21-/m0/s1. The number of anilines is 1. The Bertz CT molecular complexity index is 812. The SMILES string of the molecule is COc1ccc([C@H]2[C@@H](C(=O)N(C)C)CCC(=O)N2c2ccc(C)cc2)cc1. The topological polar surface area (TPSA) is 49.9 Å². The highest BCUT2D eigenvalue weighted by Crippen LogP contribution is 2.41. The van der Waals surface area contributed by atoms with Gasteiger partial charge in [-0.3, -0.25) is 9.59 Å². The van der Waals surface area contributed by atoms with Crippen molar-refractivity contribution in [1.82, 2.24) is 4.90 Å². The van der Waals surface area contributed by atoms with Gasteiger partial charge in [0.15, 0.2) is 0 Å². The average molecular weight is 366 g/mol. The Kier molecular flexibility index (Phi) is 5.49. The molecule has 0 radical (unpaired) electrons. The molecule has 1 aliphatic heterocycles. The largest absolute Gasteiger partial charge is 0.497 e. The summed E-state index contributed by atoms with van der Waals surface area (Å²) in [7, 11) is 5.15. The molecular formula is C22H26N2O3. The highest BCUT2D eigenvalue weighted by atomic mass is 16.5. The quantitative estimate of drug-likeness (QED) is 0.831. The molecule has 1 fully saturated rings. The molecule has 1 aliphatic rings. The van der Waals surface area contributed by atoms with E-state index < -0.39 is 0 Å². The second-order valence-corrected chi connectivity index (χ2v) is 7.20. The molecule has 0 N–H and O–H groups in total. The maximum absolute atomic E-state index is 12.9. The van der Waals surface area contributed by atoms with Gasteiger partial charge in [-0.05, 0) is 43.2 Å². The number of benzene rings is 2. The molecular weight excluding hydrogens is 340 g/mol. The van der Waals surface area contributed by atoms with Crippen LogP contribution in [0.4, 0.5) is 5.69 Å². The smallest absolute Gasteiger partial charge is 0.227 e. The molecule has 27 heavy (non-hydrogen) atoms. The number of ether oxygens (including phenoxy) is 1. The molecule has 5 nitrogen and oxygen atoms in total. The third kappa shape index (κ3) is 3.82. The number of amides is 2. The van der Waals surface area contributed by atoms with Gasteiger partial charge in [0.25, 0.3) is 0 Å². The van der Waals surface area contributed by atoms with Crippen molar-refractivity contribution in [2.75, 3.05) is 26.1 Å². The van der Waals surface area contributed by atoms with Crippen LogP contribution in [0.5, 0.6) is 5.75 Å². The fourth-order valence-electron chi connectivity index (χ4n) is 3.67. The highest BCUT2D eigenvalue weighted by molar-refractivity contribution is 5.97. The van der Waals surface area contributed by atoms with Gasteiger partial charge in [-0.2, -0.15) is 0 Å². The summed E-state index contributed by atoms with van der Waals surface area (Å²) in [5, 5.41) is 0. The lowest BCUT2D eigenvalue weighted by Gasteiger charge is -2.41. The Hall–Kier alpha value is -2.82. The van der Waals surface area contributed by atoms with E-state index in [0.29, 0.717) is 12.8 Å². The molecule has 1 saturated heterocycles. The molecule has 0 aliphatic carbocycles. The van der Waals surface area contributed by atoms with E-state index in [9.17, 15) is 9.59 Å². The Labute approximate surface area is 160 Å². The molecule has 142 valence electrons. The van der Waals surface area contributed by atoms with Crippen molar-refractivity contribution in [3.63, 3.8) is 0 Å². The molecule has 2 aromatic rings. The summed E-state index contributed by atoms with van der Waals surface area (Å²) < 4.78 is 5.26. The Morgan fingerprint density at radius 3 is 2.26 bits per heavy atom. The second-order valence-electron chi connectivity index (χ2n) is 7.20. The van der Waals surface area contributed by atoms with Gasteiger partial charge in [0.2, 0.25) is 11.8 Å². The summed E-state index contributed by atoms with van der Waals surface area (Å²) in [4.78, 5) is 29.2. The molecule has 2 atom stereocenters. The fraction of sp³-hybridized carbons (Fsp3) is 0.364. The Balaban J connectivity index is 2.09. The number of methoxy groups -OCH3 is 1. The number of hydrogen-bond donors (Lipinski definition) is 0. The van der Waals surface area contributed by atoms with Crippen molar-refractivity contribution < 1.29 is 14.3 Å². The highest BCUT2D eigenvalue weighted by Gasteiger charge is 2.41. The van der Waals surface area contributed by atoms with Crippen molar-refractivity contribution in [2.45, 2.75) is 25.8 Å². The zero-order valence-electron chi connectivity index (χ0n) is 16.3. The lowest BCUT2D eigenvalue weighted by molar-refractivity contribution is -0.136. The summed E-state index contributed by atoms with van der Waals surface area (Å²) >= 11 is 0. The van der Waals surface area contributed by atoms with Crippen LogP contribution < -0.4 is 9.64 Å². The normalized spacial score (nSPS) is 19.7. The molecule has 0 unspecified atom stereocenters. The lowest BCUT2D eigenvalue weighted by Crippen LogP contribution is -2.48. The van der Waals surface area contributed by atoms with Crippen LogP contribution in [0.25, 0.3) is 0 Å². The van der Waals surface area contributed by atoms with Gasteiger partial charge in [-0.1, -0.05) is 29.8 Å². The number of carbonyl (C=O) groups excluding carboxylic acids is 2. The minimum atomic E-state index is -0.338. The van der Waals surface area contributed by atoms with Gasteiger partial charge < -0.3 is 14.5 Å². The van der Waals surface area contributed by atoms with Crippen LogP contribution in [0.3, 0.4) is 0 Å². The number of piperidine rings is 1. The van der Waals surface area contributed by atoms with Gasteiger partial charge in [-0.15, -0.1) is 0 Å². The minimum absolute atomic E-state index is 0.0421. The Morgan fingerprint density at radius 2 is 1.70 bits per heavy atom. The fourth-order valence-corrected chi connectivity index (χ4v) is 3.67. The van der Waals surface area contributed by atoms with E-state index in [1.807, 2.05) is 55.5 Å². The molecule has 5 heteroatoms. The maximum atomic E-state index is 12.9. The molecule has 2 amide bonds. The van der Waals surface area contributed by atoms with Crippen LogP contribution in [0.15, 0.2) is 48.5 Å².